The van der Waals surface area contributed by atoms with Crippen LogP contribution in [0, 0.1) is 0 Å². The lowest BCUT2D eigenvalue weighted by Gasteiger charge is -2.35. The molecule has 0 saturated carbocycles. The Kier molecular flexibility index (Phi) is 6.13. The highest BCUT2D eigenvalue weighted by atomic mass is 32.2. The molecule has 2 aliphatic heterocycles. The molecule has 27 heavy (non-hydrogen) atoms. The summed E-state index contributed by atoms with van der Waals surface area (Å²) in [5.41, 5.74) is 0.241. The van der Waals surface area contributed by atoms with Gasteiger partial charge in [-0.05, 0) is 31.0 Å². The van der Waals surface area contributed by atoms with Crippen molar-refractivity contribution in [1.82, 2.24) is 9.21 Å². The molecule has 0 aromatic heterocycles. The van der Waals surface area contributed by atoms with Gasteiger partial charge in [-0.15, -0.1) is 0 Å². The average Bonchev–Trinajstić information content (AvgIpc) is 2.68. The van der Waals surface area contributed by atoms with Crippen LogP contribution in [0.1, 0.15) is 36.0 Å². The smallest absolute Gasteiger partial charge is 0.305 e. The van der Waals surface area contributed by atoms with Crippen LogP contribution in [0.4, 0.5) is 0 Å². The van der Waals surface area contributed by atoms with Crippen LogP contribution in [-0.2, 0) is 19.6 Å². The fraction of sp³-hybridized carbons (Fsp3) is 0.556. The third-order valence-corrected chi connectivity index (χ3v) is 6.83. The number of sulfonamides is 1. The van der Waals surface area contributed by atoms with Gasteiger partial charge in [-0.1, -0.05) is 12.5 Å². The molecule has 1 unspecified atom stereocenters. The van der Waals surface area contributed by atoms with Crippen LogP contribution >= 0.6 is 0 Å². The Balaban J connectivity index is 1.83. The monoisotopic (exact) mass is 396 g/mol. The maximum atomic E-state index is 12.9. The van der Waals surface area contributed by atoms with E-state index in [1.807, 2.05) is 0 Å². The van der Waals surface area contributed by atoms with E-state index >= 15 is 0 Å². The molecule has 2 fully saturated rings. The summed E-state index contributed by atoms with van der Waals surface area (Å²) in [5, 5.41) is 9.05. The van der Waals surface area contributed by atoms with Gasteiger partial charge in [0.15, 0.2) is 0 Å². The summed E-state index contributed by atoms with van der Waals surface area (Å²) in [4.78, 5) is 25.5. The fourth-order valence-electron chi connectivity index (χ4n) is 3.50. The van der Waals surface area contributed by atoms with Crippen molar-refractivity contribution < 1.29 is 27.9 Å². The zero-order valence-electron chi connectivity index (χ0n) is 15.0. The first-order valence-corrected chi connectivity index (χ1v) is 10.5. The molecule has 2 heterocycles. The Morgan fingerprint density at radius 2 is 1.89 bits per heavy atom. The number of nitrogens with zero attached hydrogens (tertiary/aromatic N) is 2. The first kappa shape index (κ1) is 19.8. The van der Waals surface area contributed by atoms with Crippen molar-refractivity contribution in [3.63, 3.8) is 0 Å². The molecule has 0 bridgehead atoms. The number of morpholine rings is 1. The number of hydrogen-bond acceptors (Lipinski definition) is 5. The summed E-state index contributed by atoms with van der Waals surface area (Å²) in [6.45, 7) is 1.74. The van der Waals surface area contributed by atoms with Crippen LogP contribution in [0.25, 0.3) is 0 Å². The molecule has 8 nitrogen and oxygen atoms in total. The van der Waals surface area contributed by atoms with Crippen LogP contribution in [0.2, 0.25) is 0 Å². The van der Waals surface area contributed by atoms with E-state index in [2.05, 4.69) is 0 Å². The summed E-state index contributed by atoms with van der Waals surface area (Å²) >= 11 is 0. The average molecular weight is 396 g/mol. The second kappa shape index (κ2) is 8.37. The van der Waals surface area contributed by atoms with Gasteiger partial charge >= 0.3 is 5.97 Å². The molecular formula is C18H24N2O6S. The van der Waals surface area contributed by atoms with Gasteiger partial charge in [0.1, 0.15) is 0 Å². The van der Waals surface area contributed by atoms with Crippen molar-refractivity contribution in [2.75, 3.05) is 32.8 Å². The Bertz CT molecular complexity index is 804. The summed E-state index contributed by atoms with van der Waals surface area (Å²) < 4.78 is 32.5. The van der Waals surface area contributed by atoms with E-state index in [4.69, 9.17) is 9.84 Å². The molecule has 0 spiro atoms. The van der Waals surface area contributed by atoms with E-state index in [-0.39, 0.29) is 35.9 Å². The molecular weight excluding hydrogens is 372 g/mol. The van der Waals surface area contributed by atoms with Gasteiger partial charge < -0.3 is 14.7 Å². The van der Waals surface area contributed by atoms with E-state index in [0.29, 0.717) is 19.7 Å². The minimum atomic E-state index is -3.64. The van der Waals surface area contributed by atoms with Gasteiger partial charge in [0.2, 0.25) is 10.0 Å². The molecule has 3 rings (SSSR count). The SMILES string of the molecule is O=C(O)CC1COCCN1C(=O)c1cccc(S(=O)(=O)N2CCCCC2)c1. The summed E-state index contributed by atoms with van der Waals surface area (Å²) in [7, 11) is -3.64. The highest BCUT2D eigenvalue weighted by molar-refractivity contribution is 7.89. The number of benzene rings is 1. The summed E-state index contributed by atoms with van der Waals surface area (Å²) in [5.74, 6) is -1.38. The number of ether oxygens (including phenoxy) is 1. The first-order chi connectivity index (χ1) is 12.9. The maximum Gasteiger partial charge on any atom is 0.305 e. The second-order valence-electron chi connectivity index (χ2n) is 6.82. The van der Waals surface area contributed by atoms with Gasteiger partial charge in [-0.2, -0.15) is 4.31 Å². The third-order valence-electron chi connectivity index (χ3n) is 4.93. The maximum absolute atomic E-state index is 12.9. The Morgan fingerprint density at radius 3 is 2.59 bits per heavy atom. The van der Waals surface area contributed by atoms with Crippen molar-refractivity contribution in [1.29, 1.82) is 0 Å². The van der Waals surface area contributed by atoms with Crippen LogP contribution in [-0.4, -0.2) is 73.5 Å². The Labute approximate surface area is 158 Å². The van der Waals surface area contributed by atoms with Crippen LogP contribution in [0.15, 0.2) is 29.2 Å². The standard InChI is InChI=1S/C18H24N2O6S/c21-17(22)12-15-13-26-10-9-20(15)18(23)14-5-4-6-16(11-14)27(24,25)19-7-2-1-3-8-19/h4-6,11,15H,1-3,7-10,12-13H2,(H,21,22). The number of piperidine rings is 1. The molecule has 2 saturated heterocycles. The van der Waals surface area contributed by atoms with E-state index in [1.54, 1.807) is 12.1 Å². The minimum absolute atomic E-state index is 0.0956. The van der Waals surface area contributed by atoms with Crippen LogP contribution < -0.4 is 0 Å². The molecule has 1 N–H and O–H groups in total. The zero-order valence-corrected chi connectivity index (χ0v) is 15.9. The molecule has 2 aliphatic rings. The number of carbonyl (C=O) groups excluding carboxylic acids is 1. The number of hydrogen-bond donors (Lipinski definition) is 1. The summed E-state index contributed by atoms with van der Waals surface area (Å²) in [6.07, 6.45) is 2.48. The van der Waals surface area contributed by atoms with Crippen molar-refractivity contribution in [3.05, 3.63) is 29.8 Å². The summed E-state index contributed by atoms with van der Waals surface area (Å²) in [6, 6.07) is 5.43. The van der Waals surface area contributed by atoms with Gasteiger partial charge in [0.05, 0.1) is 30.6 Å². The van der Waals surface area contributed by atoms with Crippen molar-refractivity contribution in [3.8, 4) is 0 Å². The highest BCUT2D eigenvalue weighted by Gasteiger charge is 2.31. The highest BCUT2D eigenvalue weighted by Crippen LogP contribution is 2.23. The predicted molar refractivity (Wildman–Crippen MR) is 96.9 cm³/mol. The predicted octanol–water partition coefficient (Wildman–Crippen LogP) is 1.18. The van der Waals surface area contributed by atoms with E-state index in [9.17, 15) is 18.0 Å². The topological polar surface area (TPSA) is 104 Å². The molecule has 1 amide bonds. The molecule has 0 radical (unpaired) electrons. The normalized spacial score (nSPS) is 21.8. The lowest BCUT2D eigenvalue weighted by Crippen LogP contribution is -2.49. The van der Waals surface area contributed by atoms with Gasteiger partial charge in [-0.3, -0.25) is 9.59 Å². The largest absolute Gasteiger partial charge is 0.481 e. The molecule has 1 aromatic carbocycles. The van der Waals surface area contributed by atoms with E-state index in [0.717, 1.165) is 19.3 Å². The number of carbonyl (C=O) groups is 2. The van der Waals surface area contributed by atoms with Gasteiger partial charge in [0.25, 0.3) is 5.91 Å². The number of carboxylic acids is 1. The fourth-order valence-corrected chi connectivity index (χ4v) is 5.07. The van der Waals surface area contributed by atoms with Gasteiger partial charge in [-0.25, -0.2) is 8.42 Å². The number of aliphatic carboxylic acids is 1. The number of rotatable bonds is 5. The number of carboxylic acid groups (broad SMARTS) is 1. The molecule has 148 valence electrons. The molecule has 9 heteroatoms. The minimum Gasteiger partial charge on any atom is -0.481 e. The quantitative estimate of drug-likeness (QED) is 0.801. The van der Waals surface area contributed by atoms with E-state index < -0.39 is 22.0 Å². The van der Waals surface area contributed by atoms with Crippen molar-refractivity contribution in [2.45, 2.75) is 36.6 Å². The van der Waals surface area contributed by atoms with E-state index in [1.165, 1.54) is 21.3 Å². The van der Waals surface area contributed by atoms with Crippen LogP contribution in [0.5, 0.6) is 0 Å². The van der Waals surface area contributed by atoms with Gasteiger partial charge in [0, 0.05) is 25.2 Å². The second-order valence-corrected chi connectivity index (χ2v) is 8.76. The van der Waals surface area contributed by atoms with Crippen molar-refractivity contribution in [2.24, 2.45) is 0 Å². The Hall–Kier alpha value is -1.97. The number of amides is 1. The third kappa shape index (κ3) is 4.48. The zero-order chi connectivity index (χ0) is 19.4. The molecule has 0 aliphatic carbocycles. The molecule has 1 aromatic rings. The first-order valence-electron chi connectivity index (χ1n) is 9.10. The molecule has 1 atom stereocenters. The van der Waals surface area contributed by atoms with Crippen LogP contribution in [0.3, 0.4) is 0 Å². The lowest BCUT2D eigenvalue weighted by molar-refractivity contribution is -0.139. The Morgan fingerprint density at radius 1 is 1.15 bits per heavy atom. The lowest BCUT2D eigenvalue weighted by atomic mass is 10.1. The van der Waals surface area contributed by atoms with Crippen molar-refractivity contribution >= 4 is 21.9 Å².